The molecular weight excluding hydrogens is 416 g/mol. The second kappa shape index (κ2) is 14.9. The van der Waals surface area contributed by atoms with Crippen molar-refractivity contribution in [3.05, 3.63) is 0 Å². The van der Waals surface area contributed by atoms with Gasteiger partial charge in [0.05, 0.1) is 18.7 Å². The molecule has 0 aromatic rings. The molecule has 0 spiro atoms. The topological polar surface area (TPSA) is 95.9 Å². The zero-order chi connectivity index (χ0) is 23.4. The Morgan fingerprint density at radius 1 is 1.16 bits per heavy atom. The minimum Gasteiger partial charge on any atom is -0.480 e. The number of nitrogens with one attached hydrogen (secondary N) is 1. The molecule has 1 aliphatic rings. The maximum absolute atomic E-state index is 13.3. The lowest BCUT2D eigenvalue weighted by Gasteiger charge is -2.35. The lowest BCUT2D eigenvalue weighted by atomic mass is 9.93. The van der Waals surface area contributed by atoms with E-state index in [9.17, 15) is 19.5 Å². The number of ether oxygens (including phenoxy) is 1. The van der Waals surface area contributed by atoms with E-state index in [0.717, 1.165) is 18.6 Å². The summed E-state index contributed by atoms with van der Waals surface area (Å²) in [5.41, 5.74) is 0. The van der Waals surface area contributed by atoms with Gasteiger partial charge in [0, 0.05) is 5.75 Å². The Kier molecular flexibility index (Phi) is 13.4. The molecule has 2 N–H and O–H groups in total. The van der Waals surface area contributed by atoms with E-state index in [1.54, 1.807) is 25.6 Å². The van der Waals surface area contributed by atoms with E-state index in [4.69, 9.17) is 4.74 Å². The van der Waals surface area contributed by atoms with E-state index in [0.29, 0.717) is 25.3 Å². The molecule has 1 fully saturated rings. The Labute approximate surface area is 192 Å². The van der Waals surface area contributed by atoms with E-state index >= 15 is 0 Å². The predicted octanol–water partition coefficient (Wildman–Crippen LogP) is 3.35. The molecule has 0 bridgehead atoms. The summed E-state index contributed by atoms with van der Waals surface area (Å²) in [5.74, 6) is 0.226. The Bertz CT molecular complexity index is 572. The summed E-state index contributed by atoms with van der Waals surface area (Å²) in [6.07, 6.45) is 6.04. The molecule has 7 nitrogen and oxygen atoms in total. The number of esters is 1. The molecule has 1 aliphatic heterocycles. The van der Waals surface area contributed by atoms with Crippen LogP contribution in [0.15, 0.2) is 0 Å². The van der Waals surface area contributed by atoms with Crippen LogP contribution in [0.25, 0.3) is 0 Å². The van der Waals surface area contributed by atoms with Crippen LogP contribution in [0.1, 0.15) is 73.1 Å². The largest absolute Gasteiger partial charge is 0.480 e. The minimum absolute atomic E-state index is 0.0225. The lowest BCUT2D eigenvalue weighted by Crippen LogP contribution is -2.57. The summed E-state index contributed by atoms with van der Waals surface area (Å²) < 4.78 is 5.22. The second-order valence-electron chi connectivity index (χ2n) is 8.65. The molecular formula is C23H42N2O5S. The zero-order valence-electron chi connectivity index (χ0n) is 19.9. The summed E-state index contributed by atoms with van der Waals surface area (Å²) in [6, 6.07) is -2.24. The third-order valence-electron chi connectivity index (χ3n) is 5.74. The van der Waals surface area contributed by atoms with Crippen molar-refractivity contribution < 1.29 is 24.2 Å². The number of Topliss-reactive ketones (excluding diaryl/α,β-unsaturated/α-hetero) is 1. The van der Waals surface area contributed by atoms with Gasteiger partial charge in [-0.15, -0.1) is 0 Å². The first-order chi connectivity index (χ1) is 14.7. The van der Waals surface area contributed by atoms with Crippen LogP contribution >= 0.6 is 11.8 Å². The van der Waals surface area contributed by atoms with Crippen molar-refractivity contribution in [2.75, 3.05) is 24.7 Å². The van der Waals surface area contributed by atoms with Crippen molar-refractivity contribution in [3.63, 3.8) is 0 Å². The van der Waals surface area contributed by atoms with Crippen LogP contribution in [0.4, 0.5) is 0 Å². The smallest absolute Gasteiger partial charge is 0.324 e. The number of ketones is 1. The van der Waals surface area contributed by atoms with Crippen LogP contribution in [0.5, 0.6) is 0 Å². The van der Waals surface area contributed by atoms with Crippen LogP contribution in [0, 0.1) is 5.92 Å². The lowest BCUT2D eigenvalue weighted by molar-refractivity contribution is -0.145. The molecule has 8 heteroatoms. The molecule has 1 heterocycles. The number of carbonyl (C=O) groups excluding carboxylic acids is 2. The summed E-state index contributed by atoms with van der Waals surface area (Å²) in [7, 11) is 0. The first-order valence-corrected chi connectivity index (χ1v) is 12.9. The Morgan fingerprint density at radius 2 is 1.87 bits per heavy atom. The first kappa shape index (κ1) is 27.9. The fourth-order valence-corrected chi connectivity index (χ4v) is 5.20. The first-order valence-electron chi connectivity index (χ1n) is 11.8. The van der Waals surface area contributed by atoms with Crippen LogP contribution in [-0.2, 0) is 19.1 Å². The van der Waals surface area contributed by atoms with Gasteiger partial charge in [-0.2, -0.15) is 11.8 Å². The fraction of sp³-hybridized carbons (Fsp3) is 0.870. The minimum atomic E-state index is -0.875. The van der Waals surface area contributed by atoms with Crippen molar-refractivity contribution in [1.82, 2.24) is 10.2 Å². The molecule has 0 aromatic carbocycles. The van der Waals surface area contributed by atoms with Gasteiger partial charge in [-0.3, -0.25) is 24.6 Å². The standard InChI is InChI=1S/C23H42N2O5S/c1-6-8-9-10-14-31-15-18(23(29)30-7-2)24-17(5)21(26)20(16(3)4)25-13-11-12-19(25)22(27)28/h16-20,24H,6-15H2,1-5H3,(H,27,28)/t17-,18-,19-,20?/m0/s1. The summed E-state index contributed by atoms with van der Waals surface area (Å²) in [6.45, 7) is 10.5. The van der Waals surface area contributed by atoms with Gasteiger partial charge in [-0.1, -0.05) is 40.0 Å². The van der Waals surface area contributed by atoms with Crippen LogP contribution < -0.4 is 5.32 Å². The van der Waals surface area contributed by atoms with Gasteiger partial charge in [-0.25, -0.2) is 0 Å². The van der Waals surface area contributed by atoms with Gasteiger partial charge in [0.2, 0.25) is 0 Å². The molecule has 0 aliphatic carbocycles. The number of hydrogen-bond acceptors (Lipinski definition) is 7. The highest BCUT2D eigenvalue weighted by atomic mass is 32.2. The summed E-state index contributed by atoms with van der Waals surface area (Å²) in [5, 5.41) is 12.7. The highest BCUT2D eigenvalue weighted by Crippen LogP contribution is 2.25. The Balaban J connectivity index is 2.78. The summed E-state index contributed by atoms with van der Waals surface area (Å²) >= 11 is 1.70. The number of hydrogen-bond donors (Lipinski definition) is 2. The van der Waals surface area contributed by atoms with E-state index in [1.165, 1.54) is 19.3 Å². The average Bonchev–Trinajstić information content (AvgIpc) is 3.19. The normalized spacial score (nSPS) is 19.9. The van der Waals surface area contributed by atoms with Gasteiger partial charge in [0.15, 0.2) is 5.78 Å². The zero-order valence-corrected chi connectivity index (χ0v) is 20.7. The number of thioether (sulfide) groups is 1. The van der Waals surface area contributed by atoms with Gasteiger partial charge < -0.3 is 9.84 Å². The van der Waals surface area contributed by atoms with Gasteiger partial charge in [0.25, 0.3) is 0 Å². The van der Waals surface area contributed by atoms with Crippen molar-refractivity contribution in [1.29, 1.82) is 0 Å². The molecule has 1 saturated heterocycles. The summed E-state index contributed by atoms with van der Waals surface area (Å²) in [4.78, 5) is 39.3. The monoisotopic (exact) mass is 458 g/mol. The van der Waals surface area contributed by atoms with Crippen molar-refractivity contribution in [2.24, 2.45) is 5.92 Å². The SMILES string of the molecule is CCCCCCSC[C@H](N[C@@H](C)C(=O)C(C(C)C)N1CCC[C@H]1C(=O)O)C(=O)OCC. The number of aliphatic carboxylic acids is 1. The number of carboxylic acid groups (broad SMARTS) is 1. The molecule has 0 saturated carbocycles. The van der Waals surface area contributed by atoms with E-state index in [2.05, 4.69) is 12.2 Å². The van der Waals surface area contributed by atoms with Crippen molar-refractivity contribution in [2.45, 2.75) is 97.3 Å². The maximum atomic E-state index is 13.3. The number of unbranched alkanes of at least 4 members (excludes halogenated alkanes) is 3. The van der Waals surface area contributed by atoms with Crippen molar-refractivity contribution in [3.8, 4) is 0 Å². The number of rotatable bonds is 16. The molecule has 180 valence electrons. The second-order valence-corrected chi connectivity index (χ2v) is 9.80. The molecule has 31 heavy (non-hydrogen) atoms. The molecule has 0 amide bonds. The maximum Gasteiger partial charge on any atom is 0.324 e. The number of nitrogens with zero attached hydrogens (tertiary/aromatic N) is 1. The van der Waals surface area contributed by atoms with Crippen LogP contribution in [0.2, 0.25) is 0 Å². The number of carboxylic acids is 1. The van der Waals surface area contributed by atoms with Crippen LogP contribution in [-0.4, -0.2) is 76.6 Å². The number of carbonyl (C=O) groups is 3. The molecule has 0 radical (unpaired) electrons. The molecule has 0 aromatic heterocycles. The predicted molar refractivity (Wildman–Crippen MR) is 125 cm³/mol. The van der Waals surface area contributed by atoms with E-state index < -0.39 is 30.1 Å². The average molecular weight is 459 g/mol. The molecule has 4 atom stereocenters. The van der Waals surface area contributed by atoms with Gasteiger partial charge >= 0.3 is 11.9 Å². The fourth-order valence-electron chi connectivity index (χ4n) is 4.16. The molecule has 1 unspecified atom stereocenters. The third-order valence-corrected chi connectivity index (χ3v) is 6.88. The van der Waals surface area contributed by atoms with Crippen molar-refractivity contribution >= 4 is 29.5 Å². The highest BCUT2D eigenvalue weighted by Gasteiger charge is 2.41. The quantitative estimate of drug-likeness (QED) is 0.269. The van der Waals surface area contributed by atoms with Crippen LogP contribution in [0.3, 0.4) is 0 Å². The highest BCUT2D eigenvalue weighted by molar-refractivity contribution is 7.99. The van der Waals surface area contributed by atoms with Gasteiger partial charge in [0.1, 0.15) is 12.1 Å². The molecule has 1 rings (SSSR count). The van der Waals surface area contributed by atoms with E-state index in [1.807, 2.05) is 18.7 Å². The Morgan fingerprint density at radius 3 is 2.45 bits per heavy atom. The Hall–Kier alpha value is -1.12. The number of likely N-dealkylation sites (tertiary alicyclic amines) is 1. The van der Waals surface area contributed by atoms with E-state index in [-0.39, 0.29) is 17.7 Å². The third kappa shape index (κ3) is 9.10. The van der Waals surface area contributed by atoms with Gasteiger partial charge in [-0.05, 0) is 51.3 Å².